The zero-order valence-electron chi connectivity index (χ0n) is 14.1. The van der Waals surface area contributed by atoms with E-state index in [9.17, 15) is 13.6 Å². The highest BCUT2D eigenvalue weighted by molar-refractivity contribution is 5.68. The third-order valence-electron chi connectivity index (χ3n) is 3.45. The quantitative estimate of drug-likeness (QED) is 0.827. The van der Waals surface area contributed by atoms with E-state index in [0.717, 1.165) is 0 Å². The molecule has 1 aromatic rings. The maximum absolute atomic E-state index is 12.1. The lowest BCUT2D eigenvalue weighted by Gasteiger charge is -2.33. The average Bonchev–Trinajstić information content (AvgIpc) is 2.48. The van der Waals surface area contributed by atoms with Crippen LogP contribution in [-0.2, 0) is 4.74 Å². The van der Waals surface area contributed by atoms with Crippen LogP contribution >= 0.6 is 0 Å². The Morgan fingerprint density at radius 1 is 1.12 bits per heavy atom. The third kappa shape index (κ3) is 5.86. The molecule has 0 N–H and O–H groups in total. The van der Waals surface area contributed by atoms with Crippen molar-refractivity contribution in [2.75, 3.05) is 13.1 Å². The van der Waals surface area contributed by atoms with Crippen LogP contribution in [0.15, 0.2) is 24.3 Å². The Morgan fingerprint density at radius 2 is 1.67 bits per heavy atom. The van der Waals surface area contributed by atoms with Crippen LogP contribution in [0.25, 0.3) is 0 Å². The molecule has 24 heavy (non-hydrogen) atoms. The minimum Gasteiger partial charge on any atom is -0.490 e. The topological polar surface area (TPSA) is 48.0 Å². The molecule has 0 radical (unpaired) electrons. The summed E-state index contributed by atoms with van der Waals surface area (Å²) in [5.74, 6) is 0.685. The molecule has 1 aromatic carbocycles. The monoisotopic (exact) mass is 343 g/mol. The van der Waals surface area contributed by atoms with Gasteiger partial charge in [-0.2, -0.15) is 8.78 Å². The van der Waals surface area contributed by atoms with E-state index in [1.807, 2.05) is 20.8 Å². The van der Waals surface area contributed by atoms with E-state index >= 15 is 0 Å². The second kappa shape index (κ2) is 7.68. The van der Waals surface area contributed by atoms with Crippen LogP contribution in [0.1, 0.15) is 33.6 Å². The lowest BCUT2D eigenvalue weighted by molar-refractivity contribution is -0.0499. The molecule has 0 aromatic heterocycles. The van der Waals surface area contributed by atoms with Crippen LogP contribution in [0.2, 0.25) is 0 Å². The van der Waals surface area contributed by atoms with Crippen molar-refractivity contribution < 1.29 is 27.8 Å². The van der Waals surface area contributed by atoms with Gasteiger partial charge in [0, 0.05) is 25.9 Å². The molecule has 0 unspecified atom stereocenters. The molecule has 2 rings (SSSR count). The number of alkyl halides is 2. The number of benzene rings is 1. The minimum atomic E-state index is -2.84. The highest BCUT2D eigenvalue weighted by Gasteiger charge is 2.27. The van der Waals surface area contributed by atoms with Crippen LogP contribution in [0.5, 0.6) is 11.5 Å². The third-order valence-corrected chi connectivity index (χ3v) is 3.45. The largest absolute Gasteiger partial charge is 0.490 e. The van der Waals surface area contributed by atoms with Gasteiger partial charge in [0.15, 0.2) is 0 Å². The van der Waals surface area contributed by atoms with Gasteiger partial charge in [0.05, 0.1) is 0 Å². The molecule has 1 heterocycles. The maximum atomic E-state index is 12.1. The van der Waals surface area contributed by atoms with Gasteiger partial charge in [0.1, 0.15) is 23.2 Å². The molecule has 0 bridgehead atoms. The first-order chi connectivity index (χ1) is 11.2. The maximum Gasteiger partial charge on any atom is 0.410 e. The molecule has 1 amide bonds. The molecule has 1 saturated heterocycles. The molecule has 0 aliphatic carbocycles. The zero-order chi connectivity index (χ0) is 17.7. The van der Waals surface area contributed by atoms with Crippen molar-refractivity contribution in [3.63, 3.8) is 0 Å². The molecule has 0 saturated carbocycles. The Hall–Kier alpha value is -2.05. The predicted octanol–water partition coefficient (Wildman–Crippen LogP) is 4.07. The summed E-state index contributed by atoms with van der Waals surface area (Å²) in [7, 11) is 0. The van der Waals surface area contributed by atoms with Crippen LogP contribution in [-0.4, -0.2) is 42.4 Å². The minimum absolute atomic E-state index is 0.0226. The van der Waals surface area contributed by atoms with E-state index in [0.29, 0.717) is 31.7 Å². The first kappa shape index (κ1) is 18.3. The molecule has 5 nitrogen and oxygen atoms in total. The van der Waals surface area contributed by atoms with Gasteiger partial charge in [-0.25, -0.2) is 4.79 Å². The number of amides is 1. The highest BCUT2D eigenvalue weighted by atomic mass is 19.3. The van der Waals surface area contributed by atoms with Crippen LogP contribution < -0.4 is 9.47 Å². The first-order valence-corrected chi connectivity index (χ1v) is 7.92. The summed E-state index contributed by atoms with van der Waals surface area (Å²) in [6.07, 6.45) is 1.04. The van der Waals surface area contributed by atoms with Crippen molar-refractivity contribution in [1.82, 2.24) is 4.90 Å². The van der Waals surface area contributed by atoms with Gasteiger partial charge in [-0.05, 0) is 45.0 Å². The smallest absolute Gasteiger partial charge is 0.410 e. The van der Waals surface area contributed by atoms with Crippen molar-refractivity contribution in [2.45, 2.75) is 51.9 Å². The molecule has 1 aliphatic heterocycles. The number of hydrogen-bond acceptors (Lipinski definition) is 4. The Bertz CT molecular complexity index is 535. The molecule has 0 spiro atoms. The first-order valence-electron chi connectivity index (χ1n) is 7.92. The number of carbonyl (C=O) groups is 1. The summed E-state index contributed by atoms with van der Waals surface area (Å²) in [6.45, 7) is 3.79. The Morgan fingerprint density at radius 3 is 2.17 bits per heavy atom. The van der Waals surface area contributed by atoms with Crippen molar-refractivity contribution in [3.8, 4) is 11.5 Å². The van der Waals surface area contributed by atoms with E-state index in [1.165, 1.54) is 12.1 Å². The molecule has 0 atom stereocenters. The van der Waals surface area contributed by atoms with Crippen molar-refractivity contribution in [3.05, 3.63) is 24.3 Å². The number of rotatable bonds is 4. The predicted molar refractivity (Wildman–Crippen MR) is 84.5 cm³/mol. The molecule has 7 heteroatoms. The molecule has 1 aliphatic rings. The van der Waals surface area contributed by atoms with Crippen LogP contribution in [0.3, 0.4) is 0 Å². The average molecular weight is 343 g/mol. The number of nitrogens with zero attached hydrogens (tertiary/aromatic N) is 1. The number of ether oxygens (including phenoxy) is 3. The molecular formula is C17H23F2NO4. The summed E-state index contributed by atoms with van der Waals surface area (Å²) in [5.41, 5.74) is -0.507. The van der Waals surface area contributed by atoms with Crippen LogP contribution in [0.4, 0.5) is 13.6 Å². The van der Waals surface area contributed by atoms with E-state index in [1.54, 1.807) is 17.0 Å². The van der Waals surface area contributed by atoms with Crippen molar-refractivity contribution in [2.24, 2.45) is 0 Å². The standard InChI is InChI=1S/C17H23F2NO4/c1-17(2,3)24-16(21)20-10-8-14(9-11-20)22-12-4-6-13(7-5-12)23-15(18)19/h4-7,14-15H,8-11H2,1-3H3. The summed E-state index contributed by atoms with van der Waals surface area (Å²) in [6, 6.07) is 6.07. The van der Waals surface area contributed by atoms with E-state index < -0.39 is 12.2 Å². The summed E-state index contributed by atoms with van der Waals surface area (Å²) >= 11 is 0. The number of halogens is 2. The fourth-order valence-electron chi connectivity index (χ4n) is 2.37. The van der Waals surface area contributed by atoms with Gasteiger partial charge in [-0.15, -0.1) is 0 Å². The lowest BCUT2D eigenvalue weighted by atomic mass is 10.1. The highest BCUT2D eigenvalue weighted by Crippen LogP contribution is 2.23. The summed E-state index contributed by atoms with van der Waals surface area (Å²) in [4.78, 5) is 13.7. The van der Waals surface area contributed by atoms with Crippen molar-refractivity contribution in [1.29, 1.82) is 0 Å². The Balaban J connectivity index is 1.79. The second-order valence-corrected chi connectivity index (χ2v) is 6.63. The summed E-state index contributed by atoms with van der Waals surface area (Å²) in [5, 5.41) is 0. The lowest BCUT2D eigenvalue weighted by Crippen LogP contribution is -2.44. The number of likely N-dealkylation sites (tertiary alicyclic amines) is 1. The van der Waals surface area contributed by atoms with Gasteiger partial charge < -0.3 is 19.1 Å². The Kier molecular flexibility index (Phi) is 5.85. The van der Waals surface area contributed by atoms with Gasteiger partial charge in [0.25, 0.3) is 0 Å². The van der Waals surface area contributed by atoms with Gasteiger partial charge >= 0.3 is 12.7 Å². The number of piperidine rings is 1. The second-order valence-electron chi connectivity index (χ2n) is 6.63. The van der Waals surface area contributed by atoms with Crippen molar-refractivity contribution >= 4 is 6.09 Å². The fourth-order valence-corrected chi connectivity index (χ4v) is 2.37. The number of carbonyl (C=O) groups excluding carboxylic acids is 1. The van der Waals surface area contributed by atoms with E-state index in [-0.39, 0.29) is 17.9 Å². The SMILES string of the molecule is CC(C)(C)OC(=O)N1CCC(Oc2ccc(OC(F)F)cc2)CC1. The normalized spacial score (nSPS) is 16.2. The molecular weight excluding hydrogens is 320 g/mol. The molecule has 1 fully saturated rings. The molecule has 134 valence electrons. The fraction of sp³-hybridized carbons (Fsp3) is 0.588. The summed E-state index contributed by atoms with van der Waals surface area (Å²) < 4.78 is 39.7. The van der Waals surface area contributed by atoms with Crippen LogP contribution in [0, 0.1) is 0 Å². The zero-order valence-corrected chi connectivity index (χ0v) is 14.1. The Labute approximate surface area is 140 Å². The van der Waals surface area contributed by atoms with E-state index in [4.69, 9.17) is 9.47 Å². The van der Waals surface area contributed by atoms with Gasteiger partial charge in [-0.3, -0.25) is 0 Å². The van der Waals surface area contributed by atoms with Gasteiger partial charge in [-0.1, -0.05) is 0 Å². The van der Waals surface area contributed by atoms with Gasteiger partial charge in [0.2, 0.25) is 0 Å². The number of hydrogen-bond donors (Lipinski definition) is 0. The van der Waals surface area contributed by atoms with E-state index in [2.05, 4.69) is 4.74 Å².